The molecule has 41 heavy (non-hydrogen) atoms. The number of hydrogen-bond donors (Lipinski definition) is 3. The maximum absolute atomic E-state index is 11.5. The molecule has 1 atom stereocenters. The lowest BCUT2D eigenvalue weighted by molar-refractivity contribution is 0.207. The number of imidazole rings is 1. The Hall–Kier alpha value is -3.93. The normalized spacial score (nSPS) is 22.6. The highest BCUT2D eigenvalue weighted by atomic mass is 16.6. The second kappa shape index (κ2) is 11.2. The first-order chi connectivity index (χ1) is 19.9. The number of primary amides is 1. The Morgan fingerprint density at radius 2 is 1.88 bits per heavy atom. The molecule has 2 aromatic heterocycles. The maximum Gasteiger partial charge on any atom is 0.411 e. The molecule has 214 valence electrons. The quantitative estimate of drug-likeness (QED) is 0.185. The van der Waals surface area contributed by atoms with Crippen LogP contribution >= 0.6 is 0 Å². The number of hydrogen-bond acceptors (Lipinski definition) is 7. The van der Waals surface area contributed by atoms with Crippen molar-refractivity contribution in [1.29, 1.82) is 5.41 Å². The molecule has 0 saturated heterocycles. The van der Waals surface area contributed by atoms with Crippen LogP contribution in [0.2, 0.25) is 0 Å². The number of aromatic nitrogens is 4. The molecule has 9 heteroatoms. The van der Waals surface area contributed by atoms with E-state index in [4.69, 9.17) is 32.3 Å². The van der Waals surface area contributed by atoms with E-state index in [2.05, 4.69) is 58.0 Å². The van der Waals surface area contributed by atoms with Crippen molar-refractivity contribution in [2.45, 2.75) is 89.1 Å². The molecule has 1 amide bonds. The van der Waals surface area contributed by atoms with E-state index >= 15 is 0 Å². The summed E-state index contributed by atoms with van der Waals surface area (Å²) in [4.78, 5) is 26.1. The molecule has 1 aromatic carbocycles. The average molecular weight is 554 g/mol. The predicted octanol–water partition coefficient (Wildman–Crippen LogP) is 5.76. The van der Waals surface area contributed by atoms with Crippen LogP contribution in [0.5, 0.6) is 0 Å². The summed E-state index contributed by atoms with van der Waals surface area (Å²) in [5.41, 5.74) is 7.62. The molecule has 0 aliphatic heterocycles. The number of nitrogens with two attached hydrogens (primary N) is 1. The summed E-state index contributed by atoms with van der Waals surface area (Å²) in [6.07, 6.45) is 15.6. The van der Waals surface area contributed by atoms with E-state index in [1.165, 1.54) is 24.8 Å². The first-order valence-corrected chi connectivity index (χ1v) is 15.0. The van der Waals surface area contributed by atoms with Gasteiger partial charge in [0, 0.05) is 18.5 Å². The smallest absolute Gasteiger partial charge is 0.388 e. The van der Waals surface area contributed by atoms with E-state index in [0.717, 1.165) is 62.8 Å². The Bertz CT molecular complexity index is 1480. The van der Waals surface area contributed by atoms with Gasteiger partial charge in [0.05, 0.1) is 5.41 Å². The Morgan fingerprint density at radius 3 is 2.46 bits per heavy atom. The summed E-state index contributed by atoms with van der Waals surface area (Å²) in [5, 5.41) is 12.0. The van der Waals surface area contributed by atoms with Crippen LogP contribution in [0.4, 0.5) is 10.6 Å². The highest BCUT2D eigenvalue weighted by Gasteiger charge is 2.45. The monoisotopic (exact) mass is 553 g/mol. The summed E-state index contributed by atoms with van der Waals surface area (Å²) in [5.74, 6) is 5.47. The van der Waals surface area contributed by atoms with Crippen LogP contribution in [-0.2, 0) is 16.7 Å². The molecule has 3 aliphatic carbocycles. The van der Waals surface area contributed by atoms with Crippen LogP contribution in [0.1, 0.15) is 88.3 Å². The number of fused-ring (bicyclic) bond motifs is 1. The molecule has 0 bridgehead atoms. The summed E-state index contributed by atoms with van der Waals surface area (Å²) in [6, 6.07) is 10.8. The van der Waals surface area contributed by atoms with Crippen LogP contribution < -0.4 is 11.1 Å². The number of anilines is 1. The number of benzene rings is 1. The largest absolute Gasteiger partial charge is 0.411 e. The SMILES string of the molecule is C#CC1CCC(Cn2c(C3(c4ccccc4)CCC3)nc3nc(C(=N)OC(N)=O)nc(NC(C)C4CCC4)c32)CC1. The molecule has 3 fully saturated rings. The molecule has 0 radical (unpaired) electrons. The second-order valence-electron chi connectivity index (χ2n) is 12.2. The van der Waals surface area contributed by atoms with Gasteiger partial charge in [-0.3, -0.25) is 5.41 Å². The summed E-state index contributed by atoms with van der Waals surface area (Å²) >= 11 is 0. The molecule has 0 spiro atoms. The number of nitrogens with one attached hydrogen (secondary N) is 2. The topological polar surface area (TPSA) is 132 Å². The van der Waals surface area contributed by atoms with E-state index in [0.29, 0.717) is 29.2 Å². The van der Waals surface area contributed by atoms with Crippen LogP contribution in [0.25, 0.3) is 11.2 Å². The lowest BCUT2D eigenvalue weighted by Crippen LogP contribution is -2.39. The average Bonchev–Trinajstić information content (AvgIpc) is 3.26. The Morgan fingerprint density at radius 1 is 1.15 bits per heavy atom. The van der Waals surface area contributed by atoms with Crippen molar-refractivity contribution in [3.05, 3.63) is 47.5 Å². The maximum atomic E-state index is 11.5. The third kappa shape index (κ3) is 5.16. The molecule has 3 aliphatic rings. The van der Waals surface area contributed by atoms with Crippen molar-refractivity contribution >= 4 is 29.0 Å². The number of amides is 1. The van der Waals surface area contributed by atoms with Crippen molar-refractivity contribution in [3.8, 4) is 12.3 Å². The van der Waals surface area contributed by atoms with Crippen LogP contribution in [0, 0.1) is 35.5 Å². The lowest BCUT2D eigenvalue weighted by Gasteiger charge is -2.42. The van der Waals surface area contributed by atoms with Gasteiger partial charge in [-0.15, -0.1) is 12.3 Å². The van der Waals surface area contributed by atoms with Crippen molar-refractivity contribution in [3.63, 3.8) is 0 Å². The van der Waals surface area contributed by atoms with Gasteiger partial charge in [0.25, 0.3) is 5.90 Å². The van der Waals surface area contributed by atoms with Gasteiger partial charge in [0.15, 0.2) is 11.5 Å². The predicted molar refractivity (Wildman–Crippen MR) is 159 cm³/mol. The number of carbonyl (C=O) groups excluding carboxylic acids is 1. The van der Waals surface area contributed by atoms with Crippen molar-refractivity contribution in [2.24, 2.45) is 23.5 Å². The number of carbonyl (C=O) groups is 1. The molecule has 4 N–H and O–H groups in total. The van der Waals surface area contributed by atoms with Crippen LogP contribution in [-0.4, -0.2) is 37.6 Å². The number of terminal acetylenes is 1. The fourth-order valence-electron chi connectivity index (χ4n) is 6.90. The summed E-state index contributed by atoms with van der Waals surface area (Å²) in [6.45, 7) is 2.99. The number of ether oxygens (including phenoxy) is 1. The minimum Gasteiger partial charge on any atom is -0.388 e. The van der Waals surface area contributed by atoms with E-state index in [-0.39, 0.29) is 17.3 Å². The standard InChI is InChI=1S/C32H39N7O2/c1-3-21-13-15-22(16-14-21)19-39-25-27(35-20(2)23-9-7-10-23)36-29(26(33)41-31(34)40)37-28(25)38-30(39)32(17-8-18-32)24-11-5-4-6-12-24/h1,4-6,11-12,20-23,33H,7-10,13-19H2,2H3,(H2,34,40)(H,35,36,37). The Kier molecular flexibility index (Phi) is 7.41. The van der Waals surface area contributed by atoms with E-state index in [9.17, 15) is 4.79 Å². The van der Waals surface area contributed by atoms with Gasteiger partial charge in [-0.25, -0.2) is 19.7 Å². The zero-order valence-corrected chi connectivity index (χ0v) is 23.7. The molecule has 3 aromatic rings. The first kappa shape index (κ1) is 27.3. The van der Waals surface area contributed by atoms with Gasteiger partial charge in [-0.05, 0) is 75.7 Å². The first-order valence-electron chi connectivity index (χ1n) is 15.0. The Balaban J connectivity index is 1.50. The van der Waals surface area contributed by atoms with Gasteiger partial charge < -0.3 is 20.4 Å². The summed E-state index contributed by atoms with van der Waals surface area (Å²) in [7, 11) is 0. The fourth-order valence-corrected chi connectivity index (χ4v) is 6.90. The van der Waals surface area contributed by atoms with Crippen molar-refractivity contribution in [2.75, 3.05) is 5.32 Å². The highest BCUT2D eigenvalue weighted by Crippen LogP contribution is 2.50. The van der Waals surface area contributed by atoms with Crippen LogP contribution in [0.15, 0.2) is 30.3 Å². The van der Waals surface area contributed by atoms with Crippen molar-refractivity contribution in [1.82, 2.24) is 19.5 Å². The van der Waals surface area contributed by atoms with Crippen LogP contribution in [0.3, 0.4) is 0 Å². The molecule has 6 rings (SSSR count). The van der Waals surface area contributed by atoms with E-state index in [1.54, 1.807) is 0 Å². The number of nitrogens with zero attached hydrogens (tertiary/aromatic N) is 4. The van der Waals surface area contributed by atoms with Gasteiger partial charge in [-0.2, -0.15) is 0 Å². The zero-order valence-electron chi connectivity index (χ0n) is 23.7. The molecule has 1 unspecified atom stereocenters. The van der Waals surface area contributed by atoms with Crippen molar-refractivity contribution < 1.29 is 9.53 Å². The zero-order chi connectivity index (χ0) is 28.6. The minimum absolute atomic E-state index is 0.00675. The molecular weight excluding hydrogens is 514 g/mol. The van der Waals surface area contributed by atoms with Gasteiger partial charge in [0.1, 0.15) is 11.3 Å². The highest BCUT2D eigenvalue weighted by molar-refractivity contribution is 5.97. The summed E-state index contributed by atoms with van der Waals surface area (Å²) < 4.78 is 7.25. The third-order valence-corrected chi connectivity index (χ3v) is 9.71. The lowest BCUT2D eigenvalue weighted by atomic mass is 9.63. The number of rotatable bonds is 8. The van der Waals surface area contributed by atoms with E-state index < -0.39 is 12.0 Å². The molecule has 9 nitrogen and oxygen atoms in total. The van der Waals surface area contributed by atoms with Gasteiger partial charge >= 0.3 is 6.09 Å². The van der Waals surface area contributed by atoms with Gasteiger partial charge in [-0.1, -0.05) is 43.2 Å². The third-order valence-electron chi connectivity index (χ3n) is 9.71. The van der Waals surface area contributed by atoms with Gasteiger partial charge in [0.2, 0.25) is 5.82 Å². The second-order valence-corrected chi connectivity index (χ2v) is 12.2. The van der Waals surface area contributed by atoms with E-state index in [1.807, 2.05) is 0 Å². The molecule has 2 heterocycles. The minimum atomic E-state index is -1.07. The fraction of sp³-hybridized carbons (Fsp3) is 0.531. The Labute approximate surface area is 241 Å². The molecule has 3 saturated carbocycles. The molecular formula is C32H39N7O2.